The Morgan fingerprint density at radius 1 is 1.17 bits per heavy atom. The van der Waals surface area contributed by atoms with Gasteiger partial charge < -0.3 is 0 Å². The van der Waals surface area contributed by atoms with E-state index in [0.29, 0.717) is 16.2 Å². The number of hydrazone groups is 1. The number of thiophene rings is 1. The lowest BCUT2D eigenvalue weighted by Gasteiger charge is -2.02. The molecule has 1 N–H and O–H groups in total. The van der Waals surface area contributed by atoms with Crippen LogP contribution >= 0.6 is 11.3 Å². The highest BCUT2D eigenvalue weighted by molar-refractivity contribution is 7.20. The number of hydrogen-bond acceptors (Lipinski definition) is 6. The van der Waals surface area contributed by atoms with Crippen molar-refractivity contribution in [3.8, 4) is 5.69 Å². The number of carbonyl (C=O) groups is 1. The minimum atomic E-state index is -0.460. The summed E-state index contributed by atoms with van der Waals surface area (Å²) < 4.78 is 1.83. The van der Waals surface area contributed by atoms with E-state index in [0.717, 1.165) is 21.6 Å². The Morgan fingerprint density at radius 2 is 1.87 bits per heavy atom. The van der Waals surface area contributed by atoms with Gasteiger partial charge in [-0.05, 0) is 49.7 Å². The third-order valence-electron chi connectivity index (χ3n) is 4.59. The first-order valence-corrected chi connectivity index (χ1v) is 9.90. The first-order chi connectivity index (χ1) is 14.4. The molecule has 0 aliphatic carbocycles. The maximum atomic E-state index is 12.6. The standard InChI is InChI=1S/C21H17N5O3S/c1-13(15-8-10-17(11-9-15)26(28)29)22-23-20(27)19-12-18-14(2)24-25(21(18)30-19)16-6-4-3-5-7-16/h3-12H,1-2H3,(H,23,27). The normalized spacial score (nSPS) is 11.6. The van der Waals surface area contributed by atoms with Crippen molar-refractivity contribution in [3.05, 3.63) is 86.9 Å². The summed E-state index contributed by atoms with van der Waals surface area (Å²) >= 11 is 1.34. The molecule has 30 heavy (non-hydrogen) atoms. The number of nitro groups is 1. The molecule has 1 amide bonds. The molecule has 2 aromatic carbocycles. The zero-order valence-electron chi connectivity index (χ0n) is 16.2. The van der Waals surface area contributed by atoms with Gasteiger partial charge in [0.1, 0.15) is 4.83 Å². The van der Waals surface area contributed by atoms with Crippen LogP contribution in [0, 0.1) is 17.0 Å². The van der Waals surface area contributed by atoms with Gasteiger partial charge in [-0.15, -0.1) is 11.3 Å². The first-order valence-electron chi connectivity index (χ1n) is 9.08. The summed E-state index contributed by atoms with van der Waals surface area (Å²) in [5.41, 5.74) is 5.57. The highest BCUT2D eigenvalue weighted by atomic mass is 32.1. The van der Waals surface area contributed by atoms with Crippen LogP contribution in [0.3, 0.4) is 0 Å². The summed E-state index contributed by atoms with van der Waals surface area (Å²) in [4.78, 5) is 24.3. The largest absolute Gasteiger partial charge is 0.281 e. The van der Waals surface area contributed by atoms with E-state index in [1.165, 1.54) is 23.5 Å². The van der Waals surface area contributed by atoms with Crippen molar-refractivity contribution in [3.63, 3.8) is 0 Å². The van der Waals surface area contributed by atoms with Gasteiger partial charge in [0.2, 0.25) is 0 Å². The maximum absolute atomic E-state index is 12.6. The quantitative estimate of drug-likeness (QED) is 0.293. The fourth-order valence-electron chi connectivity index (χ4n) is 2.98. The maximum Gasteiger partial charge on any atom is 0.281 e. The molecule has 4 aromatic rings. The average Bonchev–Trinajstić information content (AvgIpc) is 3.33. The van der Waals surface area contributed by atoms with E-state index in [1.807, 2.05) is 48.0 Å². The van der Waals surface area contributed by atoms with Crippen LogP contribution in [0.2, 0.25) is 0 Å². The number of amides is 1. The number of non-ortho nitro benzene ring substituents is 1. The van der Waals surface area contributed by atoms with Gasteiger partial charge in [-0.3, -0.25) is 14.9 Å². The van der Waals surface area contributed by atoms with Crippen LogP contribution in [0.1, 0.15) is 27.9 Å². The summed E-state index contributed by atoms with van der Waals surface area (Å²) in [6, 6.07) is 17.6. The van der Waals surface area contributed by atoms with E-state index >= 15 is 0 Å². The van der Waals surface area contributed by atoms with Gasteiger partial charge >= 0.3 is 0 Å². The molecule has 0 bridgehead atoms. The Bertz CT molecular complexity index is 1270. The van der Waals surface area contributed by atoms with Gasteiger partial charge in [0.25, 0.3) is 11.6 Å². The molecule has 0 saturated heterocycles. The second kappa shape index (κ2) is 7.88. The minimum absolute atomic E-state index is 0.00342. The molecule has 2 aromatic heterocycles. The summed E-state index contributed by atoms with van der Waals surface area (Å²) in [7, 11) is 0. The summed E-state index contributed by atoms with van der Waals surface area (Å²) in [5.74, 6) is -0.323. The number of hydrogen-bond donors (Lipinski definition) is 1. The van der Waals surface area contributed by atoms with E-state index in [2.05, 4.69) is 15.6 Å². The van der Waals surface area contributed by atoms with E-state index in [4.69, 9.17) is 0 Å². The Labute approximate surface area is 175 Å². The molecule has 0 fully saturated rings. The van der Waals surface area contributed by atoms with Gasteiger partial charge in [-0.25, -0.2) is 10.1 Å². The monoisotopic (exact) mass is 419 g/mol. The predicted octanol–water partition coefficient (Wildman–Crippen LogP) is 4.46. The number of rotatable bonds is 5. The van der Waals surface area contributed by atoms with Crippen LogP contribution in [0.4, 0.5) is 5.69 Å². The van der Waals surface area contributed by atoms with Crippen LogP contribution in [0.15, 0.2) is 65.8 Å². The third kappa shape index (κ3) is 3.70. The smallest absolute Gasteiger partial charge is 0.266 e. The van der Waals surface area contributed by atoms with E-state index in [9.17, 15) is 14.9 Å². The van der Waals surface area contributed by atoms with Crippen molar-refractivity contribution in [1.82, 2.24) is 15.2 Å². The topological polar surface area (TPSA) is 102 Å². The molecule has 0 aliphatic rings. The van der Waals surface area contributed by atoms with Crippen LogP contribution < -0.4 is 5.43 Å². The number of nitrogens with one attached hydrogen (secondary N) is 1. The number of aromatic nitrogens is 2. The fraction of sp³-hybridized carbons (Fsp3) is 0.0952. The second-order valence-corrected chi connectivity index (χ2v) is 7.64. The second-order valence-electron chi connectivity index (χ2n) is 6.60. The molecular formula is C21H17N5O3S. The van der Waals surface area contributed by atoms with Crippen LogP contribution in [-0.4, -0.2) is 26.3 Å². The molecule has 150 valence electrons. The summed E-state index contributed by atoms with van der Waals surface area (Å²) in [6.07, 6.45) is 0. The minimum Gasteiger partial charge on any atom is -0.266 e. The number of para-hydroxylation sites is 1. The van der Waals surface area contributed by atoms with E-state index < -0.39 is 4.92 Å². The van der Waals surface area contributed by atoms with Crippen molar-refractivity contribution < 1.29 is 9.72 Å². The SMILES string of the molecule is CC(=NNC(=O)c1cc2c(C)nn(-c3ccccc3)c2s1)c1ccc([N+](=O)[O-])cc1. The number of benzene rings is 2. The molecule has 2 heterocycles. The molecule has 0 spiro atoms. The number of nitrogens with zero attached hydrogens (tertiary/aromatic N) is 4. The van der Waals surface area contributed by atoms with Gasteiger partial charge in [0, 0.05) is 17.5 Å². The van der Waals surface area contributed by atoms with Gasteiger partial charge in [0.15, 0.2) is 0 Å². The molecule has 0 saturated carbocycles. The molecule has 9 heteroatoms. The van der Waals surface area contributed by atoms with Crippen molar-refractivity contribution >= 4 is 38.9 Å². The Hall–Kier alpha value is -3.85. The summed E-state index contributed by atoms with van der Waals surface area (Å²) in [6.45, 7) is 3.64. The van der Waals surface area contributed by atoms with Crippen molar-refractivity contribution in [1.29, 1.82) is 0 Å². The Morgan fingerprint density at radius 3 is 2.53 bits per heavy atom. The van der Waals surface area contributed by atoms with Crippen molar-refractivity contribution in [2.24, 2.45) is 5.10 Å². The molecular weight excluding hydrogens is 402 g/mol. The predicted molar refractivity (Wildman–Crippen MR) is 116 cm³/mol. The molecule has 4 rings (SSSR count). The van der Waals surface area contributed by atoms with Crippen LogP contribution in [0.5, 0.6) is 0 Å². The van der Waals surface area contributed by atoms with E-state index in [1.54, 1.807) is 19.1 Å². The fourth-order valence-corrected chi connectivity index (χ4v) is 4.05. The average molecular weight is 419 g/mol. The number of aryl methyl sites for hydroxylation is 1. The van der Waals surface area contributed by atoms with Gasteiger partial charge in [-0.1, -0.05) is 18.2 Å². The van der Waals surface area contributed by atoms with E-state index in [-0.39, 0.29) is 11.6 Å². The number of nitro benzene ring substituents is 1. The lowest BCUT2D eigenvalue weighted by atomic mass is 10.1. The molecule has 0 unspecified atom stereocenters. The van der Waals surface area contributed by atoms with Crippen LogP contribution in [0.25, 0.3) is 15.9 Å². The molecule has 8 nitrogen and oxygen atoms in total. The van der Waals surface area contributed by atoms with Crippen LogP contribution in [-0.2, 0) is 0 Å². The van der Waals surface area contributed by atoms with Crippen molar-refractivity contribution in [2.45, 2.75) is 13.8 Å². The zero-order chi connectivity index (χ0) is 21.3. The summed E-state index contributed by atoms with van der Waals surface area (Å²) in [5, 5.41) is 20.4. The highest BCUT2D eigenvalue weighted by Crippen LogP contribution is 2.30. The number of carbonyl (C=O) groups excluding carboxylic acids is 1. The van der Waals surface area contributed by atoms with Crippen molar-refractivity contribution in [2.75, 3.05) is 0 Å². The lowest BCUT2D eigenvalue weighted by Crippen LogP contribution is -2.18. The van der Waals surface area contributed by atoms with Gasteiger partial charge in [-0.2, -0.15) is 10.2 Å². The Balaban J connectivity index is 1.56. The highest BCUT2D eigenvalue weighted by Gasteiger charge is 2.17. The Kier molecular flexibility index (Phi) is 5.11. The third-order valence-corrected chi connectivity index (χ3v) is 5.70. The first kappa shape index (κ1) is 19.5. The lowest BCUT2D eigenvalue weighted by molar-refractivity contribution is -0.384. The molecule has 0 atom stereocenters. The zero-order valence-corrected chi connectivity index (χ0v) is 17.0. The number of fused-ring (bicyclic) bond motifs is 1. The van der Waals surface area contributed by atoms with Gasteiger partial charge in [0.05, 0.1) is 26.9 Å². The molecule has 0 aliphatic heterocycles. The molecule has 0 radical (unpaired) electrons.